The van der Waals surface area contributed by atoms with Crippen LogP contribution in [0.3, 0.4) is 0 Å². The molecule has 1 aromatic carbocycles. The fourth-order valence-corrected chi connectivity index (χ4v) is 2.11. The largest absolute Gasteiger partial charge is 0.481 e. The number of carboxylic acid groups (broad SMARTS) is 1. The standard InChI is InChI=1S/C14H20ClNO2/c1-10(11-5-7-12(15)8-6-11)16(4)14(2,3)9-13(17)18/h5-8,10H,9H2,1-4H3,(H,17,18). The Morgan fingerprint density at radius 2 is 1.89 bits per heavy atom. The van der Waals surface area contributed by atoms with Crippen LogP contribution in [0.15, 0.2) is 24.3 Å². The molecule has 3 nitrogen and oxygen atoms in total. The highest BCUT2D eigenvalue weighted by Gasteiger charge is 2.30. The van der Waals surface area contributed by atoms with Crippen molar-refractivity contribution in [2.75, 3.05) is 7.05 Å². The van der Waals surface area contributed by atoms with Gasteiger partial charge in [-0.05, 0) is 45.5 Å². The third kappa shape index (κ3) is 3.72. The number of hydrogen-bond donors (Lipinski definition) is 1. The molecule has 0 saturated heterocycles. The predicted octanol–water partition coefficient (Wildman–Crippen LogP) is 3.59. The molecule has 0 aromatic heterocycles. The minimum absolute atomic E-state index is 0.113. The molecule has 1 N–H and O–H groups in total. The first-order valence-electron chi connectivity index (χ1n) is 5.94. The number of carbonyl (C=O) groups is 1. The van der Waals surface area contributed by atoms with E-state index in [1.165, 1.54) is 0 Å². The second kappa shape index (κ2) is 5.72. The van der Waals surface area contributed by atoms with Crippen molar-refractivity contribution in [3.63, 3.8) is 0 Å². The summed E-state index contributed by atoms with van der Waals surface area (Å²) in [6.07, 6.45) is 0.113. The molecule has 0 amide bonds. The molecule has 4 heteroatoms. The van der Waals surface area contributed by atoms with E-state index in [0.29, 0.717) is 5.02 Å². The number of benzene rings is 1. The highest BCUT2D eigenvalue weighted by Crippen LogP contribution is 2.29. The lowest BCUT2D eigenvalue weighted by molar-refractivity contribution is -0.140. The lowest BCUT2D eigenvalue weighted by Crippen LogP contribution is -2.44. The Bertz CT molecular complexity index is 414. The summed E-state index contributed by atoms with van der Waals surface area (Å²) in [6, 6.07) is 7.79. The van der Waals surface area contributed by atoms with Gasteiger partial charge in [-0.1, -0.05) is 23.7 Å². The first kappa shape index (κ1) is 15.0. The lowest BCUT2D eigenvalue weighted by Gasteiger charge is -2.39. The van der Waals surface area contributed by atoms with Crippen molar-refractivity contribution in [2.24, 2.45) is 0 Å². The van der Waals surface area contributed by atoms with Crippen molar-refractivity contribution < 1.29 is 9.90 Å². The van der Waals surface area contributed by atoms with Crippen LogP contribution < -0.4 is 0 Å². The van der Waals surface area contributed by atoms with Crippen LogP contribution in [0.4, 0.5) is 0 Å². The molecule has 0 spiro atoms. The summed E-state index contributed by atoms with van der Waals surface area (Å²) in [5, 5.41) is 9.65. The molecular formula is C14H20ClNO2. The van der Waals surface area contributed by atoms with Crippen LogP contribution in [0, 0.1) is 0 Å². The smallest absolute Gasteiger partial charge is 0.305 e. The van der Waals surface area contributed by atoms with Crippen molar-refractivity contribution in [3.05, 3.63) is 34.9 Å². The molecule has 0 radical (unpaired) electrons. The third-order valence-electron chi connectivity index (χ3n) is 3.47. The Kier molecular flexibility index (Phi) is 4.77. The van der Waals surface area contributed by atoms with Crippen LogP contribution in [0.2, 0.25) is 5.02 Å². The first-order chi connectivity index (χ1) is 8.24. The second-order valence-electron chi connectivity index (χ2n) is 5.22. The van der Waals surface area contributed by atoms with Gasteiger partial charge in [0.15, 0.2) is 0 Å². The van der Waals surface area contributed by atoms with E-state index in [1.54, 1.807) is 0 Å². The van der Waals surface area contributed by atoms with Crippen LogP contribution in [-0.2, 0) is 4.79 Å². The highest BCUT2D eigenvalue weighted by molar-refractivity contribution is 6.30. The normalized spacial score (nSPS) is 13.7. The fraction of sp³-hybridized carbons (Fsp3) is 0.500. The molecule has 0 aliphatic heterocycles. The molecule has 0 heterocycles. The Morgan fingerprint density at radius 1 is 1.39 bits per heavy atom. The zero-order valence-corrected chi connectivity index (χ0v) is 12.0. The quantitative estimate of drug-likeness (QED) is 0.888. The third-order valence-corrected chi connectivity index (χ3v) is 3.72. The van der Waals surface area contributed by atoms with E-state index in [2.05, 4.69) is 11.8 Å². The number of rotatable bonds is 5. The summed E-state index contributed by atoms with van der Waals surface area (Å²) in [5.41, 5.74) is 0.727. The zero-order valence-electron chi connectivity index (χ0n) is 11.3. The van der Waals surface area contributed by atoms with Gasteiger partial charge in [0.05, 0.1) is 6.42 Å². The van der Waals surface area contributed by atoms with Crippen molar-refractivity contribution in [1.29, 1.82) is 0 Å². The molecule has 1 atom stereocenters. The predicted molar refractivity (Wildman–Crippen MR) is 74.0 cm³/mol. The topological polar surface area (TPSA) is 40.5 Å². The molecule has 100 valence electrons. The van der Waals surface area contributed by atoms with Crippen LogP contribution in [0.25, 0.3) is 0 Å². The van der Waals surface area contributed by atoms with Crippen LogP contribution in [0.5, 0.6) is 0 Å². The first-order valence-corrected chi connectivity index (χ1v) is 6.32. The van der Waals surface area contributed by atoms with Crippen LogP contribution in [0.1, 0.15) is 38.8 Å². The maximum Gasteiger partial charge on any atom is 0.305 e. The molecule has 1 rings (SSSR count). The second-order valence-corrected chi connectivity index (χ2v) is 5.66. The monoisotopic (exact) mass is 269 g/mol. The number of halogens is 1. The molecule has 0 aliphatic carbocycles. The highest BCUT2D eigenvalue weighted by atomic mass is 35.5. The molecule has 0 bridgehead atoms. The van der Waals surface area contributed by atoms with E-state index >= 15 is 0 Å². The molecule has 18 heavy (non-hydrogen) atoms. The van der Waals surface area contributed by atoms with Gasteiger partial charge < -0.3 is 5.11 Å². The van der Waals surface area contributed by atoms with Crippen LogP contribution in [-0.4, -0.2) is 28.6 Å². The van der Waals surface area contributed by atoms with Gasteiger partial charge in [0.1, 0.15) is 0 Å². The minimum Gasteiger partial charge on any atom is -0.481 e. The van der Waals surface area contributed by atoms with Gasteiger partial charge >= 0.3 is 5.97 Å². The summed E-state index contributed by atoms with van der Waals surface area (Å²) in [4.78, 5) is 13.0. The maximum absolute atomic E-state index is 10.9. The number of carboxylic acids is 1. The maximum atomic E-state index is 10.9. The number of aliphatic carboxylic acids is 1. The minimum atomic E-state index is -0.782. The molecule has 0 fully saturated rings. The molecule has 1 aromatic rings. The van der Waals surface area contributed by atoms with E-state index in [-0.39, 0.29) is 12.5 Å². The van der Waals surface area contributed by atoms with Gasteiger partial charge in [-0.2, -0.15) is 0 Å². The molecule has 1 unspecified atom stereocenters. The summed E-state index contributed by atoms with van der Waals surface area (Å²) in [6.45, 7) is 5.94. The molecule has 0 saturated carbocycles. The van der Waals surface area contributed by atoms with Crippen molar-refractivity contribution in [2.45, 2.75) is 38.8 Å². The summed E-state index contributed by atoms with van der Waals surface area (Å²) in [5.74, 6) is -0.782. The average molecular weight is 270 g/mol. The van der Waals surface area contributed by atoms with E-state index in [4.69, 9.17) is 16.7 Å². The Labute approximate surface area is 113 Å². The zero-order chi connectivity index (χ0) is 13.9. The van der Waals surface area contributed by atoms with Crippen molar-refractivity contribution in [3.8, 4) is 0 Å². The van der Waals surface area contributed by atoms with Crippen molar-refractivity contribution >= 4 is 17.6 Å². The van der Waals surface area contributed by atoms with Gasteiger partial charge in [0, 0.05) is 16.6 Å². The van der Waals surface area contributed by atoms with E-state index in [9.17, 15) is 4.79 Å². The van der Waals surface area contributed by atoms with E-state index in [1.807, 2.05) is 45.2 Å². The van der Waals surface area contributed by atoms with Gasteiger partial charge in [0.25, 0.3) is 0 Å². The fourth-order valence-electron chi connectivity index (χ4n) is 1.98. The summed E-state index contributed by atoms with van der Waals surface area (Å²) < 4.78 is 0. The summed E-state index contributed by atoms with van der Waals surface area (Å²) in [7, 11) is 1.95. The Balaban J connectivity index is 2.85. The van der Waals surface area contributed by atoms with Gasteiger partial charge in [-0.25, -0.2) is 0 Å². The molecular weight excluding hydrogens is 250 g/mol. The Morgan fingerprint density at radius 3 is 2.33 bits per heavy atom. The number of hydrogen-bond acceptors (Lipinski definition) is 2. The average Bonchev–Trinajstić information content (AvgIpc) is 2.26. The van der Waals surface area contributed by atoms with Gasteiger partial charge in [0.2, 0.25) is 0 Å². The van der Waals surface area contributed by atoms with E-state index in [0.717, 1.165) is 5.56 Å². The Hall–Kier alpha value is -1.06. The number of nitrogens with zero attached hydrogens (tertiary/aromatic N) is 1. The lowest BCUT2D eigenvalue weighted by atomic mass is 9.95. The van der Waals surface area contributed by atoms with E-state index < -0.39 is 11.5 Å². The summed E-state index contributed by atoms with van der Waals surface area (Å²) >= 11 is 5.86. The van der Waals surface area contributed by atoms with Gasteiger partial charge in [-0.3, -0.25) is 9.69 Å². The SMILES string of the molecule is CC(c1ccc(Cl)cc1)N(C)C(C)(C)CC(=O)O. The van der Waals surface area contributed by atoms with Crippen molar-refractivity contribution in [1.82, 2.24) is 4.90 Å². The van der Waals surface area contributed by atoms with Gasteiger partial charge in [-0.15, -0.1) is 0 Å². The molecule has 0 aliphatic rings. The van der Waals surface area contributed by atoms with Crippen LogP contribution >= 0.6 is 11.6 Å².